The van der Waals surface area contributed by atoms with E-state index in [0.717, 1.165) is 32.8 Å². The van der Waals surface area contributed by atoms with Gasteiger partial charge in [0.2, 0.25) is 5.91 Å². The lowest BCUT2D eigenvalue weighted by Crippen LogP contribution is -2.10. The van der Waals surface area contributed by atoms with Crippen LogP contribution in [-0.2, 0) is 6.42 Å². The topological polar surface area (TPSA) is 104 Å². The van der Waals surface area contributed by atoms with Crippen LogP contribution in [0.1, 0.15) is 20.8 Å². The summed E-state index contributed by atoms with van der Waals surface area (Å²) in [5, 5.41) is 0. The number of hydrogen-bond acceptors (Lipinski definition) is 6. The van der Waals surface area contributed by atoms with Gasteiger partial charge in [-0.25, -0.2) is 4.98 Å². The third-order valence-corrected chi connectivity index (χ3v) is 5.17. The van der Waals surface area contributed by atoms with Crippen molar-refractivity contribution in [2.45, 2.75) is 6.42 Å². The zero-order valence-electron chi connectivity index (χ0n) is 14.3. The summed E-state index contributed by atoms with van der Waals surface area (Å²) >= 11 is 1.63. The third kappa shape index (κ3) is 3.73. The summed E-state index contributed by atoms with van der Waals surface area (Å²) < 4.78 is 6.92. The molecule has 0 saturated carbocycles. The predicted molar refractivity (Wildman–Crippen MR) is 106 cm³/mol. The monoisotopic (exact) mass is 376 g/mol. The zero-order valence-corrected chi connectivity index (χ0v) is 15.1. The van der Waals surface area contributed by atoms with E-state index >= 15 is 0 Å². The summed E-state index contributed by atoms with van der Waals surface area (Å²) in [6.07, 6.45) is 4.06. The molecule has 7 heteroatoms. The third-order valence-electron chi connectivity index (χ3n) is 4.03. The van der Waals surface area contributed by atoms with Crippen LogP contribution in [0.4, 0.5) is 5.82 Å². The van der Waals surface area contributed by atoms with Crippen molar-refractivity contribution >= 4 is 33.3 Å². The molecule has 0 saturated heterocycles. The first-order valence-electron chi connectivity index (χ1n) is 8.24. The molecule has 0 fully saturated rings. The van der Waals surface area contributed by atoms with Crippen molar-refractivity contribution in [3.8, 4) is 11.5 Å². The molecule has 0 spiro atoms. The van der Waals surface area contributed by atoms with Crippen LogP contribution in [0.5, 0.6) is 11.5 Å². The second-order valence-corrected chi connectivity index (χ2v) is 7.13. The van der Waals surface area contributed by atoms with Gasteiger partial charge in [0.05, 0.1) is 16.4 Å². The summed E-state index contributed by atoms with van der Waals surface area (Å²) in [5.74, 6) is 1.37. The number of amides is 1. The van der Waals surface area contributed by atoms with Crippen LogP contribution in [0.25, 0.3) is 10.2 Å². The molecule has 6 nitrogen and oxygen atoms in total. The molecule has 134 valence electrons. The Morgan fingerprint density at radius 3 is 2.59 bits per heavy atom. The van der Waals surface area contributed by atoms with Crippen molar-refractivity contribution in [1.82, 2.24) is 9.97 Å². The molecule has 4 N–H and O–H groups in total. The Morgan fingerprint density at radius 2 is 1.89 bits per heavy atom. The minimum absolute atomic E-state index is 0.424. The lowest BCUT2D eigenvalue weighted by atomic mass is 10.1. The maximum Gasteiger partial charge on any atom is 0.248 e. The average Bonchev–Trinajstić information content (AvgIpc) is 3.07. The molecule has 0 aliphatic heterocycles. The van der Waals surface area contributed by atoms with Gasteiger partial charge in [-0.15, -0.1) is 11.3 Å². The van der Waals surface area contributed by atoms with E-state index in [1.165, 1.54) is 0 Å². The standard InChI is InChI=1S/C20H16N4O2S/c21-18-6-5-14(11-24-18)26-17-7-8-23-16-10-15(27-19(16)17)9-12-1-3-13(4-2-12)20(22)25/h1-8,10-11H,9H2,(H2,21,24)(H2,22,25). The van der Waals surface area contributed by atoms with Crippen LogP contribution in [0.2, 0.25) is 0 Å². The van der Waals surface area contributed by atoms with Gasteiger partial charge in [-0.1, -0.05) is 12.1 Å². The molecule has 0 unspecified atom stereocenters. The van der Waals surface area contributed by atoms with Gasteiger partial charge in [-0.3, -0.25) is 9.78 Å². The van der Waals surface area contributed by atoms with Crippen LogP contribution >= 0.6 is 11.3 Å². The SMILES string of the molecule is NC(=O)c1ccc(Cc2cc3nccc(Oc4ccc(N)nc4)c3s2)cc1. The van der Waals surface area contributed by atoms with Crippen molar-refractivity contribution in [3.63, 3.8) is 0 Å². The van der Waals surface area contributed by atoms with Crippen molar-refractivity contribution < 1.29 is 9.53 Å². The second-order valence-electron chi connectivity index (χ2n) is 5.99. The molecule has 4 rings (SSSR count). The summed E-state index contributed by atoms with van der Waals surface area (Å²) in [6, 6.07) is 14.7. The largest absolute Gasteiger partial charge is 0.454 e. The lowest BCUT2D eigenvalue weighted by Gasteiger charge is -2.05. The summed E-state index contributed by atoms with van der Waals surface area (Å²) in [5.41, 5.74) is 13.4. The van der Waals surface area contributed by atoms with E-state index in [2.05, 4.69) is 16.0 Å². The predicted octanol–water partition coefficient (Wildman–Crippen LogP) is 3.76. The number of rotatable bonds is 5. The second kappa shape index (κ2) is 7.05. The van der Waals surface area contributed by atoms with Crippen molar-refractivity contribution in [3.05, 3.63) is 76.9 Å². The highest BCUT2D eigenvalue weighted by Crippen LogP contribution is 2.35. The number of thiophene rings is 1. The summed E-state index contributed by atoms with van der Waals surface area (Å²) in [4.78, 5) is 20.8. The number of carbonyl (C=O) groups is 1. The quantitative estimate of drug-likeness (QED) is 0.552. The molecule has 3 heterocycles. The Balaban J connectivity index is 1.60. The van der Waals surface area contributed by atoms with E-state index in [9.17, 15) is 4.79 Å². The molecule has 0 aliphatic rings. The maximum atomic E-state index is 11.2. The highest BCUT2D eigenvalue weighted by atomic mass is 32.1. The average molecular weight is 376 g/mol. The van der Waals surface area contributed by atoms with Crippen molar-refractivity contribution in [2.75, 3.05) is 5.73 Å². The molecule has 1 aromatic carbocycles. The Hall–Kier alpha value is -3.45. The van der Waals surface area contributed by atoms with E-state index < -0.39 is 5.91 Å². The zero-order chi connectivity index (χ0) is 18.8. The van der Waals surface area contributed by atoms with Gasteiger partial charge in [-0.2, -0.15) is 0 Å². The molecule has 0 bridgehead atoms. The highest BCUT2D eigenvalue weighted by molar-refractivity contribution is 7.19. The lowest BCUT2D eigenvalue weighted by molar-refractivity contribution is 0.100. The smallest absolute Gasteiger partial charge is 0.248 e. The van der Waals surface area contributed by atoms with Gasteiger partial charge in [0.25, 0.3) is 0 Å². The molecule has 0 atom stereocenters. The first kappa shape index (κ1) is 17.0. The van der Waals surface area contributed by atoms with E-state index in [-0.39, 0.29) is 0 Å². The van der Waals surface area contributed by atoms with Gasteiger partial charge >= 0.3 is 0 Å². The van der Waals surface area contributed by atoms with Crippen molar-refractivity contribution in [2.24, 2.45) is 5.73 Å². The first-order chi connectivity index (χ1) is 13.1. The fraction of sp³-hybridized carbons (Fsp3) is 0.0500. The van der Waals surface area contributed by atoms with Crippen LogP contribution in [0.3, 0.4) is 0 Å². The van der Waals surface area contributed by atoms with Crippen LogP contribution in [0.15, 0.2) is 60.9 Å². The Kier molecular flexibility index (Phi) is 4.43. The van der Waals surface area contributed by atoms with Gasteiger partial charge in [0, 0.05) is 29.1 Å². The molecule has 27 heavy (non-hydrogen) atoms. The number of fused-ring (bicyclic) bond motifs is 1. The number of pyridine rings is 2. The minimum atomic E-state index is -0.424. The Morgan fingerprint density at radius 1 is 1.07 bits per heavy atom. The number of carbonyl (C=O) groups excluding carboxylic acids is 1. The normalized spacial score (nSPS) is 10.8. The van der Waals surface area contributed by atoms with Gasteiger partial charge in [0.15, 0.2) is 0 Å². The number of nitrogens with zero attached hydrogens (tertiary/aromatic N) is 2. The van der Waals surface area contributed by atoms with Crippen LogP contribution in [-0.4, -0.2) is 15.9 Å². The number of ether oxygens (including phenoxy) is 1. The first-order valence-corrected chi connectivity index (χ1v) is 9.06. The highest BCUT2D eigenvalue weighted by Gasteiger charge is 2.11. The molecule has 1 amide bonds. The molecular weight excluding hydrogens is 360 g/mol. The fourth-order valence-electron chi connectivity index (χ4n) is 2.70. The maximum absolute atomic E-state index is 11.2. The molecule has 0 aliphatic carbocycles. The Labute approximate surface area is 159 Å². The van der Waals surface area contributed by atoms with E-state index in [1.807, 2.05) is 18.2 Å². The number of nitrogen functional groups attached to an aromatic ring is 1. The number of benzene rings is 1. The van der Waals surface area contributed by atoms with Gasteiger partial charge in [0.1, 0.15) is 17.3 Å². The molecule has 3 aromatic heterocycles. The number of hydrogen-bond donors (Lipinski definition) is 2. The van der Waals surface area contributed by atoms with Gasteiger partial charge in [-0.05, 0) is 35.9 Å². The van der Waals surface area contributed by atoms with Crippen LogP contribution in [0, 0.1) is 0 Å². The number of anilines is 1. The molecule has 4 aromatic rings. The number of primary amides is 1. The van der Waals surface area contributed by atoms with Gasteiger partial charge < -0.3 is 16.2 Å². The van der Waals surface area contributed by atoms with E-state index in [0.29, 0.717) is 17.1 Å². The van der Waals surface area contributed by atoms with Crippen LogP contribution < -0.4 is 16.2 Å². The number of nitrogens with two attached hydrogens (primary N) is 2. The van der Waals surface area contributed by atoms with E-state index in [4.69, 9.17) is 16.2 Å². The molecular formula is C20H16N4O2S. The molecule has 0 radical (unpaired) electrons. The number of aromatic nitrogens is 2. The fourth-order valence-corrected chi connectivity index (χ4v) is 3.80. The van der Waals surface area contributed by atoms with Crippen molar-refractivity contribution in [1.29, 1.82) is 0 Å². The minimum Gasteiger partial charge on any atom is -0.454 e. The summed E-state index contributed by atoms with van der Waals surface area (Å²) in [7, 11) is 0. The summed E-state index contributed by atoms with van der Waals surface area (Å²) in [6.45, 7) is 0. The van der Waals surface area contributed by atoms with E-state index in [1.54, 1.807) is 48.0 Å². The Bertz CT molecular complexity index is 1110.